The third kappa shape index (κ3) is 10.2. The van der Waals surface area contributed by atoms with Gasteiger partial charge in [0.25, 0.3) is 0 Å². The van der Waals surface area contributed by atoms with Gasteiger partial charge in [-0.25, -0.2) is 17.6 Å². The van der Waals surface area contributed by atoms with Crippen LogP contribution in [0.15, 0.2) is 377 Å². The van der Waals surface area contributed by atoms with E-state index >= 15 is 17.6 Å². The lowest BCUT2D eigenvalue weighted by atomic mass is 9.67. The lowest BCUT2D eigenvalue weighted by molar-refractivity contribution is 0.482. The Morgan fingerprint density at radius 1 is 0.225 bits per heavy atom. The van der Waals surface area contributed by atoms with Gasteiger partial charge in [-0.05, 0) is 269 Å². The maximum atomic E-state index is 17.5. The van der Waals surface area contributed by atoms with Crippen molar-refractivity contribution >= 4 is 46.3 Å². The standard InChI is InChI=1S/C103H66F4N2O2/c1-3-65-29-49-77(50-30-65)110-79-53-33-67(34-54-79)101(93-25-13-15-27-99(93)106)89-21-9-5-17-81(89)85-57-45-73(61-95(85)101)108(71-41-37-69(104)38-42-71)75-47-59-87-83-19-7-11-23-91(83)103(97(87)63-75)92-24-12-8-20-84(92)88-60-48-76(64-98(88)103)109(72-43-39-70(105)40-44-72)74-46-58-86-82-18-6-10-22-90(82)102(96(86)62-74,94-26-14-16-28-100(94)107)68-35-55-80(56-36-68)111-78-51-31-66(4-2)32-52-78/h3-64H,1-2H2. The van der Waals surface area contributed by atoms with Crippen molar-refractivity contribution in [2.45, 2.75) is 16.2 Å². The number of halogens is 4. The van der Waals surface area contributed by atoms with E-state index in [1.165, 1.54) is 36.4 Å². The van der Waals surface area contributed by atoms with E-state index in [-0.39, 0.29) is 23.3 Å². The first-order valence-electron chi connectivity index (χ1n) is 37.2. The monoisotopic (exact) mass is 1440 g/mol. The van der Waals surface area contributed by atoms with E-state index in [1.54, 1.807) is 24.3 Å². The molecule has 0 aliphatic heterocycles. The Morgan fingerprint density at radius 2 is 0.468 bits per heavy atom. The van der Waals surface area contributed by atoms with Gasteiger partial charge in [0.15, 0.2) is 0 Å². The summed E-state index contributed by atoms with van der Waals surface area (Å²) in [5.41, 5.74) is 21.8. The van der Waals surface area contributed by atoms with Crippen molar-refractivity contribution in [1.82, 2.24) is 0 Å². The highest BCUT2D eigenvalue weighted by molar-refractivity contribution is 5.99. The van der Waals surface area contributed by atoms with Gasteiger partial charge in [-0.3, -0.25) is 0 Å². The molecule has 0 radical (unpaired) electrons. The molecule has 0 aromatic heterocycles. The molecule has 2 atom stereocenters. The first kappa shape index (κ1) is 66.4. The molecule has 0 amide bonds. The zero-order valence-corrected chi connectivity index (χ0v) is 59.9. The molecule has 0 bridgehead atoms. The molecule has 16 aromatic rings. The Bertz CT molecular complexity index is 6040. The van der Waals surface area contributed by atoms with Crippen molar-refractivity contribution in [3.8, 4) is 67.5 Å². The highest BCUT2D eigenvalue weighted by atomic mass is 19.1. The predicted molar refractivity (Wildman–Crippen MR) is 440 cm³/mol. The molecular formula is C103H66F4N2O2. The summed E-state index contributed by atoms with van der Waals surface area (Å²) in [6, 6.07) is 119. The number of anilines is 6. The summed E-state index contributed by atoms with van der Waals surface area (Å²) >= 11 is 0. The van der Waals surface area contributed by atoms with E-state index < -0.39 is 16.2 Å². The van der Waals surface area contributed by atoms with Crippen molar-refractivity contribution in [3.05, 3.63) is 478 Å². The Hall–Kier alpha value is -14.1. The Labute approximate surface area is 641 Å². The van der Waals surface area contributed by atoms with E-state index in [0.717, 1.165) is 134 Å². The molecular weight excluding hydrogens is 1370 g/mol. The second-order valence-corrected chi connectivity index (χ2v) is 28.7. The minimum Gasteiger partial charge on any atom is -0.457 e. The van der Waals surface area contributed by atoms with Gasteiger partial charge in [-0.2, -0.15) is 0 Å². The van der Waals surface area contributed by atoms with Gasteiger partial charge in [-0.1, -0.05) is 232 Å². The Balaban J connectivity index is 0.766. The number of rotatable bonds is 16. The van der Waals surface area contributed by atoms with E-state index in [4.69, 9.17) is 9.47 Å². The summed E-state index contributed by atoms with van der Waals surface area (Å²) in [7, 11) is 0. The van der Waals surface area contributed by atoms with E-state index in [1.807, 2.05) is 170 Å². The van der Waals surface area contributed by atoms with E-state index in [0.29, 0.717) is 45.5 Å². The van der Waals surface area contributed by atoms with Crippen LogP contribution in [0.1, 0.15) is 77.9 Å². The molecule has 528 valence electrons. The Kier molecular flexibility index (Phi) is 15.6. The highest BCUT2D eigenvalue weighted by Crippen LogP contribution is 2.66. The zero-order valence-electron chi connectivity index (χ0n) is 59.9. The second-order valence-electron chi connectivity index (χ2n) is 28.7. The van der Waals surface area contributed by atoms with Gasteiger partial charge < -0.3 is 19.3 Å². The van der Waals surface area contributed by atoms with Crippen LogP contribution in [0.4, 0.5) is 51.7 Å². The lowest BCUT2D eigenvalue weighted by Gasteiger charge is -2.36. The van der Waals surface area contributed by atoms with Crippen molar-refractivity contribution < 1.29 is 27.0 Å². The summed E-state index contributed by atoms with van der Waals surface area (Å²) in [5.74, 6) is 1.10. The van der Waals surface area contributed by atoms with Crippen molar-refractivity contribution in [3.63, 3.8) is 0 Å². The summed E-state index contributed by atoms with van der Waals surface area (Å²) in [5, 5.41) is 0. The lowest BCUT2D eigenvalue weighted by Crippen LogP contribution is -2.30. The number of fused-ring (bicyclic) bond motifs is 16. The first-order chi connectivity index (χ1) is 54.5. The van der Waals surface area contributed by atoms with Crippen LogP contribution in [-0.4, -0.2) is 0 Å². The van der Waals surface area contributed by atoms with E-state index in [9.17, 15) is 0 Å². The van der Waals surface area contributed by atoms with Crippen LogP contribution in [0.25, 0.3) is 56.7 Å². The molecule has 0 saturated carbocycles. The average molecular weight is 1440 g/mol. The summed E-state index contributed by atoms with van der Waals surface area (Å²) in [4.78, 5) is 4.38. The molecule has 0 heterocycles. The number of hydrogen-bond donors (Lipinski definition) is 0. The number of benzene rings is 16. The fourth-order valence-electron chi connectivity index (χ4n) is 18.5. The van der Waals surface area contributed by atoms with Crippen LogP contribution in [0.3, 0.4) is 0 Å². The molecule has 0 saturated heterocycles. The minimum atomic E-state index is -1.18. The molecule has 0 N–H and O–H groups in total. The van der Waals surface area contributed by atoms with Crippen molar-refractivity contribution in [2.75, 3.05) is 9.80 Å². The summed E-state index contributed by atoms with van der Waals surface area (Å²) < 4.78 is 79.1. The number of ether oxygens (including phenoxy) is 2. The molecule has 20 rings (SSSR count). The second kappa shape index (κ2) is 26.1. The predicted octanol–water partition coefficient (Wildman–Crippen LogP) is 27.1. The summed E-state index contributed by atoms with van der Waals surface area (Å²) in [6.07, 6.45) is 3.59. The topological polar surface area (TPSA) is 24.9 Å². The molecule has 16 aromatic carbocycles. The highest BCUT2D eigenvalue weighted by Gasteiger charge is 2.54. The molecule has 1 spiro atoms. The first-order valence-corrected chi connectivity index (χ1v) is 37.2. The van der Waals surface area contributed by atoms with Gasteiger partial charge in [0.05, 0.1) is 16.2 Å². The maximum Gasteiger partial charge on any atom is 0.127 e. The molecule has 8 heteroatoms. The van der Waals surface area contributed by atoms with Crippen molar-refractivity contribution in [1.29, 1.82) is 0 Å². The average Bonchev–Trinajstić information content (AvgIpc) is 1.51. The maximum absolute atomic E-state index is 17.5. The fraction of sp³-hybridized carbons (Fsp3) is 0.0291. The fourth-order valence-corrected chi connectivity index (χ4v) is 18.5. The smallest absolute Gasteiger partial charge is 0.127 e. The zero-order chi connectivity index (χ0) is 74.7. The minimum absolute atomic E-state index is 0.357. The normalized spacial score (nSPS) is 16.1. The largest absolute Gasteiger partial charge is 0.457 e. The SMILES string of the molecule is C=Cc1ccc(Oc2ccc(C3(c4ccccc4F)c4ccccc4-c4ccc(N(c5ccc(F)cc5)c5ccc6c(c5)C5(c7ccccc7-6)c6ccccc6-c6ccc(N(c7ccc(F)cc7)c7ccc8c(c7)C(c7ccc(Oc9ccc(C=C)cc9)cc7)(c7ccccc7F)c7ccccc7-8)cc65)cc43)cc2)cc1. The quantitative estimate of drug-likeness (QED) is 0.0900. The number of hydrogen-bond acceptors (Lipinski definition) is 4. The van der Waals surface area contributed by atoms with Crippen LogP contribution in [-0.2, 0) is 16.2 Å². The van der Waals surface area contributed by atoms with Crippen LogP contribution < -0.4 is 19.3 Å². The molecule has 4 aliphatic carbocycles. The van der Waals surface area contributed by atoms with Crippen LogP contribution >= 0.6 is 0 Å². The molecule has 2 unspecified atom stereocenters. The third-order valence-corrected chi connectivity index (χ3v) is 23.1. The summed E-state index contributed by atoms with van der Waals surface area (Å²) in [6.45, 7) is 7.83. The van der Waals surface area contributed by atoms with Gasteiger partial charge >= 0.3 is 0 Å². The van der Waals surface area contributed by atoms with Gasteiger partial charge in [0.1, 0.15) is 46.3 Å². The Morgan fingerprint density at radius 3 is 0.766 bits per heavy atom. The van der Waals surface area contributed by atoms with Crippen LogP contribution in [0.2, 0.25) is 0 Å². The molecule has 0 fully saturated rings. The van der Waals surface area contributed by atoms with Gasteiger partial charge in [0, 0.05) is 45.3 Å². The molecule has 4 nitrogen and oxygen atoms in total. The molecule has 111 heavy (non-hydrogen) atoms. The third-order valence-electron chi connectivity index (χ3n) is 23.1. The number of nitrogens with zero attached hydrogens (tertiary/aromatic N) is 2. The van der Waals surface area contributed by atoms with Crippen molar-refractivity contribution in [2.24, 2.45) is 0 Å². The van der Waals surface area contributed by atoms with Gasteiger partial charge in [0.2, 0.25) is 0 Å². The van der Waals surface area contributed by atoms with Crippen LogP contribution in [0.5, 0.6) is 23.0 Å². The van der Waals surface area contributed by atoms with E-state index in [2.05, 4.69) is 169 Å². The van der Waals surface area contributed by atoms with Gasteiger partial charge in [-0.15, -0.1) is 0 Å². The van der Waals surface area contributed by atoms with Crippen LogP contribution in [0, 0.1) is 23.3 Å². The molecule has 4 aliphatic rings.